The van der Waals surface area contributed by atoms with Crippen LogP contribution in [0.25, 0.3) is 6.08 Å². The minimum atomic E-state index is -0.157. The lowest BCUT2D eigenvalue weighted by atomic mass is 10.1. The zero-order chi connectivity index (χ0) is 18.2. The zero-order valence-electron chi connectivity index (χ0n) is 14.6. The van der Waals surface area contributed by atoms with E-state index in [-0.39, 0.29) is 18.3 Å². The Bertz CT molecular complexity index is 781. The van der Waals surface area contributed by atoms with Gasteiger partial charge in [0.2, 0.25) is 0 Å². The van der Waals surface area contributed by atoms with E-state index in [0.29, 0.717) is 17.1 Å². The highest BCUT2D eigenvalue weighted by Gasteiger charge is 2.07. The van der Waals surface area contributed by atoms with Gasteiger partial charge in [-0.25, -0.2) is 0 Å². The number of allylic oxidation sites excluding steroid dienone is 1. The summed E-state index contributed by atoms with van der Waals surface area (Å²) in [6.45, 7) is -0.0678. The molecule has 0 saturated carbocycles. The Morgan fingerprint density at radius 2 is 1.84 bits per heavy atom. The van der Waals surface area contributed by atoms with Crippen molar-refractivity contribution < 1.29 is 19.1 Å². The fourth-order valence-electron chi connectivity index (χ4n) is 2.08. The Kier molecular flexibility index (Phi) is 6.34. The van der Waals surface area contributed by atoms with E-state index in [0.717, 1.165) is 5.56 Å². The summed E-state index contributed by atoms with van der Waals surface area (Å²) in [6.07, 6.45) is 3.20. The number of benzene rings is 2. The fourth-order valence-corrected chi connectivity index (χ4v) is 2.08. The van der Waals surface area contributed by atoms with E-state index in [1.54, 1.807) is 51.5 Å². The van der Waals surface area contributed by atoms with E-state index in [1.807, 2.05) is 24.3 Å². The molecule has 2 aromatic rings. The Balaban J connectivity index is 2.08. The Hall–Kier alpha value is -3.08. The van der Waals surface area contributed by atoms with Crippen molar-refractivity contribution in [1.82, 2.24) is 4.90 Å². The third kappa shape index (κ3) is 5.21. The highest BCUT2D eigenvalue weighted by Crippen LogP contribution is 2.20. The standard InChI is InChI=1S/C20H21NO4/c1-21(2)20(23)14-25-17-9-6-8-16(13-17)18(22)12-11-15-7-4-5-10-19(15)24-3/h4-13H,14H2,1-3H3/b12-11+. The number of rotatable bonds is 7. The number of hydrogen-bond donors (Lipinski definition) is 0. The molecule has 0 radical (unpaired) electrons. The van der Waals surface area contributed by atoms with Gasteiger partial charge in [-0.3, -0.25) is 9.59 Å². The molecule has 0 spiro atoms. The summed E-state index contributed by atoms with van der Waals surface area (Å²) in [4.78, 5) is 25.4. The quantitative estimate of drug-likeness (QED) is 0.575. The largest absolute Gasteiger partial charge is 0.496 e. The Morgan fingerprint density at radius 1 is 1.08 bits per heavy atom. The van der Waals surface area contributed by atoms with Gasteiger partial charge in [-0.1, -0.05) is 30.3 Å². The maximum atomic E-state index is 12.4. The van der Waals surface area contributed by atoms with Crippen LogP contribution in [-0.2, 0) is 4.79 Å². The number of likely N-dealkylation sites (N-methyl/N-ethyl adjacent to an activating group) is 1. The molecule has 130 valence electrons. The van der Waals surface area contributed by atoms with E-state index in [4.69, 9.17) is 9.47 Å². The predicted molar refractivity (Wildman–Crippen MR) is 97.0 cm³/mol. The van der Waals surface area contributed by atoms with Gasteiger partial charge in [-0.2, -0.15) is 0 Å². The maximum absolute atomic E-state index is 12.4. The van der Waals surface area contributed by atoms with Crippen LogP contribution in [0.4, 0.5) is 0 Å². The molecule has 5 nitrogen and oxygen atoms in total. The molecule has 0 unspecified atom stereocenters. The number of hydrogen-bond acceptors (Lipinski definition) is 4. The van der Waals surface area contributed by atoms with E-state index >= 15 is 0 Å². The number of ketones is 1. The smallest absolute Gasteiger partial charge is 0.259 e. The van der Waals surface area contributed by atoms with Crippen LogP contribution in [0.1, 0.15) is 15.9 Å². The van der Waals surface area contributed by atoms with E-state index < -0.39 is 0 Å². The average molecular weight is 339 g/mol. The minimum Gasteiger partial charge on any atom is -0.496 e. The molecule has 0 aromatic heterocycles. The van der Waals surface area contributed by atoms with Gasteiger partial charge in [0.1, 0.15) is 11.5 Å². The molecule has 2 rings (SSSR count). The third-order valence-corrected chi connectivity index (χ3v) is 3.53. The molecule has 0 fully saturated rings. The van der Waals surface area contributed by atoms with Crippen LogP contribution in [0.15, 0.2) is 54.6 Å². The molecule has 0 N–H and O–H groups in total. The second-order valence-electron chi connectivity index (χ2n) is 5.54. The second-order valence-corrected chi connectivity index (χ2v) is 5.54. The Morgan fingerprint density at radius 3 is 2.56 bits per heavy atom. The summed E-state index contributed by atoms with van der Waals surface area (Å²) in [5.41, 5.74) is 1.31. The molecule has 2 aromatic carbocycles. The van der Waals surface area contributed by atoms with Crippen molar-refractivity contribution >= 4 is 17.8 Å². The summed E-state index contributed by atoms with van der Waals surface area (Å²) in [6, 6.07) is 14.2. The maximum Gasteiger partial charge on any atom is 0.259 e. The molecule has 0 saturated heterocycles. The second kappa shape index (κ2) is 8.68. The van der Waals surface area contributed by atoms with Crippen LogP contribution >= 0.6 is 0 Å². The van der Waals surface area contributed by atoms with Gasteiger partial charge in [0, 0.05) is 25.2 Å². The van der Waals surface area contributed by atoms with Crippen molar-refractivity contribution in [2.75, 3.05) is 27.8 Å². The lowest BCUT2D eigenvalue weighted by Crippen LogP contribution is -2.27. The van der Waals surface area contributed by atoms with E-state index in [2.05, 4.69) is 0 Å². The van der Waals surface area contributed by atoms with Gasteiger partial charge in [0.15, 0.2) is 12.4 Å². The van der Waals surface area contributed by atoms with Crippen LogP contribution in [0, 0.1) is 0 Å². The number of ether oxygens (including phenoxy) is 2. The van der Waals surface area contributed by atoms with Gasteiger partial charge >= 0.3 is 0 Å². The molecule has 0 bridgehead atoms. The van der Waals surface area contributed by atoms with Gasteiger partial charge < -0.3 is 14.4 Å². The lowest BCUT2D eigenvalue weighted by molar-refractivity contribution is -0.130. The molecule has 1 amide bonds. The number of carbonyl (C=O) groups is 2. The summed E-state index contributed by atoms with van der Waals surface area (Å²) in [7, 11) is 4.91. The van der Waals surface area contributed by atoms with Crippen molar-refractivity contribution in [2.45, 2.75) is 0 Å². The molecule has 0 heterocycles. The van der Waals surface area contributed by atoms with Crippen molar-refractivity contribution in [1.29, 1.82) is 0 Å². The van der Waals surface area contributed by atoms with Gasteiger partial charge in [0.25, 0.3) is 5.91 Å². The van der Waals surface area contributed by atoms with E-state index in [9.17, 15) is 9.59 Å². The van der Waals surface area contributed by atoms with Crippen LogP contribution in [0.3, 0.4) is 0 Å². The highest BCUT2D eigenvalue weighted by molar-refractivity contribution is 6.07. The number of methoxy groups -OCH3 is 1. The van der Waals surface area contributed by atoms with Gasteiger partial charge in [-0.05, 0) is 30.4 Å². The molecule has 0 aliphatic carbocycles. The Labute approximate surface area is 147 Å². The summed E-state index contributed by atoms with van der Waals surface area (Å²) in [5, 5.41) is 0. The molecule has 0 aliphatic rings. The number of para-hydroxylation sites is 1. The number of amides is 1. The van der Waals surface area contributed by atoms with Crippen LogP contribution in [0.5, 0.6) is 11.5 Å². The van der Waals surface area contributed by atoms with Crippen molar-refractivity contribution in [3.05, 3.63) is 65.7 Å². The monoisotopic (exact) mass is 339 g/mol. The first-order valence-electron chi connectivity index (χ1n) is 7.79. The van der Waals surface area contributed by atoms with Crippen LogP contribution < -0.4 is 9.47 Å². The molecular formula is C20H21NO4. The highest BCUT2D eigenvalue weighted by atomic mass is 16.5. The average Bonchev–Trinajstić information content (AvgIpc) is 2.64. The first-order chi connectivity index (χ1) is 12.0. The molecular weight excluding hydrogens is 318 g/mol. The molecule has 25 heavy (non-hydrogen) atoms. The SMILES string of the molecule is COc1ccccc1/C=C/C(=O)c1cccc(OCC(=O)N(C)C)c1. The van der Waals surface area contributed by atoms with Crippen molar-refractivity contribution in [3.63, 3.8) is 0 Å². The summed E-state index contributed by atoms with van der Waals surface area (Å²) < 4.78 is 10.7. The van der Waals surface area contributed by atoms with Crippen molar-refractivity contribution in [2.24, 2.45) is 0 Å². The molecule has 0 atom stereocenters. The number of carbonyl (C=O) groups excluding carboxylic acids is 2. The third-order valence-electron chi connectivity index (χ3n) is 3.53. The van der Waals surface area contributed by atoms with E-state index in [1.165, 1.54) is 11.0 Å². The van der Waals surface area contributed by atoms with Crippen LogP contribution in [0.2, 0.25) is 0 Å². The summed E-state index contributed by atoms with van der Waals surface area (Å²) in [5.74, 6) is 0.876. The normalized spacial score (nSPS) is 10.5. The number of nitrogens with zero attached hydrogens (tertiary/aromatic N) is 1. The lowest BCUT2D eigenvalue weighted by Gasteiger charge is -2.11. The zero-order valence-corrected chi connectivity index (χ0v) is 14.6. The summed E-state index contributed by atoms with van der Waals surface area (Å²) >= 11 is 0. The fraction of sp³-hybridized carbons (Fsp3) is 0.200. The molecule has 0 aliphatic heterocycles. The predicted octanol–water partition coefficient (Wildman–Crippen LogP) is 3.06. The first kappa shape index (κ1) is 18.3. The first-order valence-corrected chi connectivity index (χ1v) is 7.79. The van der Waals surface area contributed by atoms with Gasteiger partial charge in [-0.15, -0.1) is 0 Å². The topological polar surface area (TPSA) is 55.8 Å². The van der Waals surface area contributed by atoms with Crippen LogP contribution in [-0.4, -0.2) is 44.4 Å². The minimum absolute atomic E-state index is 0.0678. The molecule has 5 heteroatoms. The van der Waals surface area contributed by atoms with Gasteiger partial charge in [0.05, 0.1) is 7.11 Å². The van der Waals surface area contributed by atoms with Crippen molar-refractivity contribution in [3.8, 4) is 11.5 Å².